The highest BCUT2D eigenvalue weighted by molar-refractivity contribution is 4.98. The first-order valence-corrected chi connectivity index (χ1v) is 3.59. The molecule has 1 aliphatic rings. The molecule has 1 heteroatoms. The fourth-order valence-corrected chi connectivity index (χ4v) is 1.01. The van der Waals surface area contributed by atoms with Gasteiger partial charge < -0.3 is 4.74 Å². The van der Waals surface area contributed by atoms with E-state index >= 15 is 0 Å². The molecule has 1 unspecified atom stereocenters. The van der Waals surface area contributed by atoms with Crippen molar-refractivity contribution in [3.05, 3.63) is 11.8 Å². The number of allylic oxidation sites excluding steroid dienone is 1. The molecule has 1 rings (SSSR count). The Balaban J connectivity index is 2.51. The Morgan fingerprint density at radius 1 is 1.67 bits per heavy atom. The highest BCUT2D eigenvalue weighted by atomic mass is 16.5. The Labute approximate surface area is 56.7 Å². The van der Waals surface area contributed by atoms with Crippen LogP contribution in [-0.4, -0.2) is 6.61 Å². The number of rotatable bonds is 0. The third-order valence-electron chi connectivity index (χ3n) is 1.95. The zero-order chi connectivity index (χ0) is 6.69. The van der Waals surface area contributed by atoms with Crippen LogP contribution in [0, 0.1) is 5.92 Å². The van der Waals surface area contributed by atoms with Crippen LogP contribution in [0.5, 0.6) is 0 Å². The Bertz CT molecular complexity index is 116. The maximum atomic E-state index is 5.22. The van der Waals surface area contributed by atoms with E-state index in [1.807, 2.05) is 6.26 Å². The van der Waals surface area contributed by atoms with Crippen LogP contribution in [0.1, 0.15) is 26.7 Å². The molecule has 1 heterocycles. The highest BCUT2D eigenvalue weighted by Gasteiger charge is 2.06. The van der Waals surface area contributed by atoms with Crippen LogP contribution in [0.2, 0.25) is 0 Å². The molecule has 0 spiro atoms. The summed E-state index contributed by atoms with van der Waals surface area (Å²) < 4.78 is 5.22. The van der Waals surface area contributed by atoms with Crippen molar-refractivity contribution in [2.45, 2.75) is 26.7 Å². The summed E-state index contributed by atoms with van der Waals surface area (Å²) in [7, 11) is 0. The van der Waals surface area contributed by atoms with E-state index in [1.165, 1.54) is 18.4 Å². The summed E-state index contributed by atoms with van der Waals surface area (Å²) in [5.74, 6) is 0.729. The van der Waals surface area contributed by atoms with Crippen molar-refractivity contribution < 1.29 is 4.74 Å². The number of ether oxygens (including phenoxy) is 1. The molecule has 52 valence electrons. The molecule has 0 aromatic carbocycles. The zero-order valence-electron chi connectivity index (χ0n) is 6.18. The Morgan fingerprint density at radius 2 is 2.44 bits per heavy atom. The van der Waals surface area contributed by atoms with E-state index in [0.717, 1.165) is 12.5 Å². The maximum absolute atomic E-state index is 5.22. The second-order valence-corrected chi connectivity index (χ2v) is 2.78. The van der Waals surface area contributed by atoms with Gasteiger partial charge in [0, 0.05) is 0 Å². The smallest absolute Gasteiger partial charge is 0.0873 e. The molecule has 0 N–H and O–H groups in total. The Morgan fingerprint density at radius 3 is 3.22 bits per heavy atom. The van der Waals surface area contributed by atoms with Gasteiger partial charge in [0.25, 0.3) is 0 Å². The average molecular weight is 126 g/mol. The van der Waals surface area contributed by atoms with Crippen molar-refractivity contribution in [3.8, 4) is 0 Å². The first kappa shape index (κ1) is 6.66. The highest BCUT2D eigenvalue weighted by Crippen LogP contribution is 2.18. The lowest BCUT2D eigenvalue weighted by atomic mass is 10.00. The molecule has 0 aromatic rings. The van der Waals surface area contributed by atoms with E-state index in [0.29, 0.717) is 0 Å². The van der Waals surface area contributed by atoms with Gasteiger partial charge in [-0.15, -0.1) is 0 Å². The minimum Gasteiger partial charge on any atom is -0.501 e. The van der Waals surface area contributed by atoms with Crippen molar-refractivity contribution in [1.82, 2.24) is 0 Å². The predicted octanol–water partition coefficient (Wildman–Crippen LogP) is 2.34. The van der Waals surface area contributed by atoms with Gasteiger partial charge in [-0.25, -0.2) is 0 Å². The minimum atomic E-state index is 0.729. The van der Waals surface area contributed by atoms with Crippen molar-refractivity contribution in [3.63, 3.8) is 0 Å². The van der Waals surface area contributed by atoms with E-state index in [2.05, 4.69) is 13.8 Å². The monoisotopic (exact) mass is 126 g/mol. The van der Waals surface area contributed by atoms with Crippen molar-refractivity contribution in [2.24, 2.45) is 5.92 Å². The molecule has 1 nitrogen and oxygen atoms in total. The van der Waals surface area contributed by atoms with Gasteiger partial charge in [0.1, 0.15) is 0 Å². The third-order valence-corrected chi connectivity index (χ3v) is 1.95. The van der Waals surface area contributed by atoms with Gasteiger partial charge in [-0.2, -0.15) is 0 Å². The second kappa shape index (κ2) is 2.90. The number of hydrogen-bond acceptors (Lipinski definition) is 1. The molecular formula is C8H14O. The molecule has 0 fully saturated rings. The third kappa shape index (κ3) is 1.74. The molecule has 0 saturated carbocycles. The summed E-state index contributed by atoms with van der Waals surface area (Å²) in [6, 6.07) is 0. The van der Waals surface area contributed by atoms with Crippen LogP contribution in [0.15, 0.2) is 11.8 Å². The predicted molar refractivity (Wildman–Crippen MR) is 38.1 cm³/mol. The normalized spacial score (nSPS) is 28.2. The molecule has 0 amide bonds. The first-order valence-electron chi connectivity index (χ1n) is 3.59. The summed E-state index contributed by atoms with van der Waals surface area (Å²) in [6.45, 7) is 5.29. The molecule has 0 aliphatic carbocycles. The van der Waals surface area contributed by atoms with Gasteiger partial charge in [-0.1, -0.05) is 6.92 Å². The summed E-state index contributed by atoms with van der Waals surface area (Å²) in [6.07, 6.45) is 4.38. The fourth-order valence-electron chi connectivity index (χ4n) is 1.01. The molecule has 1 atom stereocenters. The van der Waals surface area contributed by atoms with Gasteiger partial charge in [-0.05, 0) is 31.3 Å². The van der Waals surface area contributed by atoms with Crippen LogP contribution in [0.25, 0.3) is 0 Å². The van der Waals surface area contributed by atoms with E-state index in [-0.39, 0.29) is 0 Å². The summed E-state index contributed by atoms with van der Waals surface area (Å²) in [5.41, 5.74) is 1.38. The molecule has 9 heavy (non-hydrogen) atoms. The van der Waals surface area contributed by atoms with Crippen molar-refractivity contribution in [2.75, 3.05) is 6.61 Å². The standard InChI is InChI=1S/C8H14O/c1-7-4-3-5-9-6-8(7)2/h6-7H,3-5H2,1-2H3. The topological polar surface area (TPSA) is 9.23 Å². The number of hydrogen-bond donors (Lipinski definition) is 0. The lowest BCUT2D eigenvalue weighted by molar-refractivity contribution is 0.248. The molecule has 0 aromatic heterocycles. The van der Waals surface area contributed by atoms with Gasteiger partial charge >= 0.3 is 0 Å². The lowest BCUT2D eigenvalue weighted by Crippen LogP contribution is -1.93. The fraction of sp³-hybridized carbons (Fsp3) is 0.750. The minimum absolute atomic E-state index is 0.729. The molecule has 1 aliphatic heterocycles. The zero-order valence-corrected chi connectivity index (χ0v) is 6.18. The average Bonchev–Trinajstić information content (AvgIpc) is 1.99. The summed E-state index contributed by atoms with van der Waals surface area (Å²) in [4.78, 5) is 0. The van der Waals surface area contributed by atoms with Crippen LogP contribution < -0.4 is 0 Å². The van der Waals surface area contributed by atoms with E-state index in [1.54, 1.807) is 0 Å². The van der Waals surface area contributed by atoms with E-state index in [4.69, 9.17) is 4.74 Å². The summed E-state index contributed by atoms with van der Waals surface area (Å²) in [5, 5.41) is 0. The lowest BCUT2D eigenvalue weighted by Gasteiger charge is -2.05. The second-order valence-electron chi connectivity index (χ2n) is 2.78. The molecule has 0 bridgehead atoms. The van der Waals surface area contributed by atoms with Crippen molar-refractivity contribution >= 4 is 0 Å². The van der Waals surface area contributed by atoms with E-state index < -0.39 is 0 Å². The van der Waals surface area contributed by atoms with E-state index in [9.17, 15) is 0 Å². The first-order chi connectivity index (χ1) is 4.30. The van der Waals surface area contributed by atoms with Crippen LogP contribution in [-0.2, 0) is 4.74 Å². The SMILES string of the molecule is CC1=COCCCC1C. The molecule has 0 saturated heterocycles. The van der Waals surface area contributed by atoms with Crippen molar-refractivity contribution in [1.29, 1.82) is 0 Å². The van der Waals surface area contributed by atoms with Gasteiger partial charge in [0.05, 0.1) is 12.9 Å². The molecule has 0 radical (unpaired) electrons. The van der Waals surface area contributed by atoms with Gasteiger partial charge in [0.15, 0.2) is 0 Å². The Kier molecular flexibility index (Phi) is 2.15. The van der Waals surface area contributed by atoms with Crippen LogP contribution >= 0.6 is 0 Å². The van der Waals surface area contributed by atoms with Gasteiger partial charge in [-0.3, -0.25) is 0 Å². The van der Waals surface area contributed by atoms with Crippen LogP contribution in [0.4, 0.5) is 0 Å². The summed E-state index contributed by atoms with van der Waals surface area (Å²) >= 11 is 0. The maximum Gasteiger partial charge on any atom is 0.0873 e. The van der Waals surface area contributed by atoms with Gasteiger partial charge in [0.2, 0.25) is 0 Å². The van der Waals surface area contributed by atoms with Crippen LogP contribution in [0.3, 0.4) is 0 Å². The largest absolute Gasteiger partial charge is 0.501 e. The quantitative estimate of drug-likeness (QED) is 0.484. The molecular weight excluding hydrogens is 112 g/mol. The Hall–Kier alpha value is -0.460.